The molecule has 0 aromatic carbocycles. The van der Waals surface area contributed by atoms with E-state index in [1.807, 2.05) is 0 Å². The Morgan fingerprint density at radius 3 is 2.37 bits per heavy atom. The summed E-state index contributed by atoms with van der Waals surface area (Å²) >= 11 is 0. The Labute approximate surface area is 120 Å². The highest BCUT2D eigenvalue weighted by Crippen LogP contribution is 2.31. The van der Waals surface area contributed by atoms with Crippen LogP contribution in [0.4, 0.5) is 0 Å². The number of nitrogens with one attached hydrogen (secondary N) is 1. The van der Waals surface area contributed by atoms with Crippen molar-refractivity contribution in [1.29, 1.82) is 0 Å². The normalized spacial score (nSPS) is 36.6. The van der Waals surface area contributed by atoms with Crippen LogP contribution in [-0.2, 0) is 0 Å². The zero-order valence-electron chi connectivity index (χ0n) is 13.3. The quantitative estimate of drug-likeness (QED) is 0.814. The molecule has 0 saturated heterocycles. The van der Waals surface area contributed by atoms with Gasteiger partial charge in [-0.15, -0.1) is 0 Å². The van der Waals surface area contributed by atoms with Gasteiger partial charge < -0.3 is 10.2 Å². The molecule has 19 heavy (non-hydrogen) atoms. The van der Waals surface area contributed by atoms with E-state index < -0.39 is 0 Å². The lowest BCUT2D eigenvalue weighted by molar-refractivity contribution is 0.0868. The maximum absolute atomic E-state index is 3.74. The molecule has 0 aromatic heterocycles. The summed E-state index contributed by atoms with van der Waals surface area (Å²) in [6, 6.07) is 2.47. The second kappa shape index (κ2) is 7.64. The highest BCUT2D eigenvalue weighted by atomic mass is 15.2. The van der Waals surface area contributed by atoms with Crippen molar-refractivity contribution >= 4 is 0 Å². The molecule has 4 atom stereocenters. The molecule has 0 heterocycles. The molecule has 1 N–H and O–H groups in total. The number of nitrogens with zero attached hydrogens (tertiary/aromatic N) is 1. The minimum Gasteiger partial charge on any atom is -0.314 e. The van der Waals surface area contributed by atoms with E-state index in [0.29, 0.717) is 0 Å². The van der Waals surface area contributed by atoms with Gasteiger partial charge in [-0.1, -0.05) is 33.1 Å². The zero-order chi connectivity index (χ0) is 13.7. The molecule has 2 rings (SSSR count). The lowest BCUT2D eigenvalue weighted by atomic mass is 9.83. The summed E-state index contributed by atoms with van der Waals surface area (Å²) in [6.45, 7) is 5.90. The van der Waals surface area contributed by atoms with Gasteiger partial charge in [0.25, 0.3) is 0 Å². The van der Waals surface area contributed by atoms with Crippen LogP contribution in [-0.4, -0.2) is 36.6 Å². The molecular formula is C17H34N2. The van der Waals surface area contributed by atoms with Crippen molar-refractivity contribution in [2.75, 3.05) is 13.6 Å². The van der Waals surface area contributed by atoms with Crippen LogP contribution in [0.1, 0.15) is 71.6 Å². The molecule has 112 valence electrons. The third kappa shape index (κ3) is 4.46. The molecule has 0 amide bonds. The van der Waals surface area contributed by atoms with Crippen LogP contribution in [0.3, 0.4) is 0 Å². The summed E-state index contributed by atoms with van der Waals surface area (Å²) < 4.78 is 0. The molecule has 2 fully saturated rings. The average Bonchev–Trinajstić information content (AvgIpc) is 2.44. The van der Waals surface area contributed by atoms with Gasteiger partial charge in [0.05, 0.1) is 0 Å². The Kier molecular flexibility index (Phi) is 6.15. The van der Waals surface area contributed by atoms with Crippen LogP contribution in [0.25, 0.3) is 0 Å². The minimum absolute atomic E-state index is 0.780. The lowest BCUT2D eigenvalue weighted by Gasteiger charge is -2.42. The molecule has 2 nitrogen and oxygen atoms in total. The van der Waals surface area contributed by atoms with Crippen LogP contribution in [0.5, 0.6) is 0 Å². The summed E-state index contributed by atoms with van der Waals surface area (Å²) in [6.07, 6.45) is 12.6. The third-order valence-corrected chi connectivity index (χ3v) is 5.39. The van der Waals surface area contributed by atoms with Crippen molar-refractivity contribution in [2.45, 2.75) is 89.8 Å². The highest BCUT2D eigenvalue weighted by molar-refractivity contribution is 4.87. The van der Waals surface area contributed by atoms with Gasteiger partial charge in [-0.25, -0.2) is 0 Å². The Morgan fingerprint density at radius 2 is 1.68 bits per heavy atom. The van der Waals surface area contributed by atoms with Crippen molar-refractivity contribution in [2.24, 2.45) is 5.92 Å². The maximum Gasteiger partial charge on any atom is 0.0110 e. The summed E-state index contributed by atoms with van der Waals surface area (Å²) in [4.78, 5) is 2.75. The molecule has 0 radical (unpaired) electrons. The molecule has 0 spiro atoms. The molecule has 0 aromatic rings. The van der Waals surface area contributed by atoms with E-state index in [1.165, 1.54) is 64.3 Å². The van der Waals surface area contributed by atoms with E-state index in [1.54, 1.807) is 0 Å². The lowest BCUT2D eigenvalue weighted by Crippen LogP contribution is -2.47. The van der Waals surface area contributed by atoms with Crippen molar-refractivity contribution in [3.63, 3.8) is 0 Å². The Morgan fingerprint density at radius 1 is 1.00 bits per heavy atom. The van der Waals surface area contributed by atoms with Gasteiger partial charge in [0.1, 0.15) is 0 Å². The van der Waals surface area contributed by atoms with Gasteiger partial charge in [-0.05, 0) is 58.0 Å². The summed E-state index contributed by atoms with van der Waals surface area (Å²) in [5.41, 5.74) is 0. The number of hydrogen-bond donors (Lipinski definition) is 1. The highest BCUT2D eigenvalue weighted by Gasteiger charge is 2.30. The van der Waals surface area contributed by atoms with Gasteiger partial charge in [0.2, 0.25) is 0 Å². The first-order chi connectivity index (χ1) is 9.20. The third-order valence-electron chi connectivity index (χ3n) is 5.39. The van der Waals surface area contributed by atoms with Gasteiger partial charge >= 0.3 is 0 Å². The molecule has 2 heteroatoms. The Bertz CT molecular complexity index is 254. The summed E-state index contributed by atoms with van der Waals surface area (Å²) in [5.74, 6) is 0.943. The van der Waals surface area contributed by atoms with E-state index in [-0.39, 0.29) is 0 Å². The molecule has 0 bridgehead atoms. The smallest absolute Gasteiger partial charge is 0.0110 e. The van der Waals surface area contributed by atoms with Crippen LogP contribution in [0.15, 0.2) is 0 Å². The molecule has 2 saturated carbocycles. The molecule has 4 unspecified atom stereocenters. The number of hydrogen-bond acceptors (Lipinski definition) is 2. The topological polar surface area (TPSA) is 15.3 Å². The van der Waals surface area contributed by atoms with E-state index >= 15 is 0 Å². The average molecular weight is 266 g/mol. The monoisotopic (exact) mass is 266 g/mol. The standard InChI is InChI=1S/C17H34N2/c1-4-11-18-15-8-6-10-17(13-15)19(3)16-9-5-7-14(2)12-16/h14-18H,4-13H2,1-3H3. The van der Waals surface area contributed by atoms with Gasteiger partial charge in [-0.3, -0.25) is 0 Å². The minimum atomic E-state index is 0.780. The predicted octanol–water partition coefficient (Wildman–Crippen LogP) is 3.81. The van der Waals surface area contributed by atoms with Crippen LogP contribution in [0, 0.1) is 5.92 Å². The fourth-order valence-electron chi connectivity index (χ4n) is 4.14. The van der Waals surface area contributed by atoms with E-state index in [0.717, 1.165) is 24.0 Å². The van der Waals surface area contributed by atoms with Crippen LogP contribution < -0.4 is 5.32 Å². The van der Waals surface area contributed by atoms with E-state index in [4.69, 9.17) is 0 Å². The van der Waals surface area contributed by atoms with Crippen molar-refractivity contribution < 1.29 is 0 Å². The number of rotatable bonds is 5. The zero-order valence-corrected chi connectivity index (χ0v) is 13.3. The second-order valence-corrected chi connectivity index (χ2v) is 7.06. The fraction of sp³-hybridized carbons (Fsp3) is 1.00. The summed E-state index contributed by atoms with van der Waals surface area (Å²) in [7, 11) is 2.40. The SMILES string of the molecule is CCCNC1CCCC(N(C)C2CCCC(C)C2)C1. The molecule has 2 aliphatic rings. The molecular weight excluding hydrogens is 232 g/mol. The van der Waals surface area contributed by atoms with Gasteiger partial charge in [0.15, 0.2) is 0 Å². The molecule has 0 aliphatic heterocycles. The van der Waals surface area contributed by atoms with Crippen molar-refractivity contribution in [3.8, 4) is 0 Å². The summed E-state index contributed by atoms with van der Waals surface area (Å²) in [5, 5.41) is 3.74. The second-order valence-electron chi connectivity index (χ2n) is 7.06. The van der Waals surface area contributed by atoms with E-state index in [2.05, 4.69) is 31.1 Å². The first-order valence-corrected chi connectivity index (χ1v) is 8.66. The first-order valence-electron chi connectivity index (χ1n) is 8.66. The fourth-order valence-corrected chi connectivity index (χ4v) is 4.14. The van der Waals surface area contributed by atoms with Crippen LogP contribution >= 0.6 is 0 Å². The van der Waals surface area contributed by atoms with Crippen molar-refractivity contribution in [1.82, 2.24) is 10.2 Å². The van der Waals surface area contributed by atoms with E-state index in [9.17, 15) is 0 Å². The first kappa shape index (κ1) is 15.3. The predicted molar refractivity (Wildman–Crippen MR) is 83.5 cm³/mol. The Hall–Kier alpha value is -0.0800. The van der Waals surface area contributed by atoms with Gasteiger partial charge in [-0.2, -0.15) is 0 Å². The Balaban J connectivity index is 1.82. The largest absolute Gasteiger partial charge is 0.314 e. The maximum atomic E-state index is 3.74. The van der Waals surface area contributed by atoms with Gasteiger partial charge in [0, 0.05) is 18.1 Å². The molecule has 2 aliphatic carbocycles. The van der Waals surface area contributed by atoms with Crippen molar-refractivity contribution in [3.05, 3.63) is 0 Å². The van der Waals surface area contributed by atoms with Crippen LogP contribution in [0.2, 0.25) is 0 Å².